The predicted octanol–water partition coefficient (Wildman–Crippen LogP) is 1.56. The molecule has 0 atom stereocenters. The van der Waals surface area contributed by atoms with Gasteiger partial charge in [0.25, 0.3) is 0 Å². The lowest BCUT2D eigenvalue weighted by Crippen LogP contribution is -2.20. The predicted molar refractivity (Wildman–Crippen MR) is 132 cm³/mol. The molecule has 0 rings (SSSR count). The van der Waals surface area contributed by atoms with Gasteiger partial charge in [0.05, 0.1) is 26.4 Å². The van der Waals surface area contributed by atoms with Crippen LogP contribution >= 0.6 is 0 Å². The Balaban J connectivity index is -0.0000000726. The van der Waals surface area contributed by atoms with Gasteiger partial charge >= 0.3 is 23.9 Å². The average molecular weight is 511 g/mol. The zero-order valence-corrected chi connectivity index (χ0v) is 21.4. The fourth-order valence-electron chi connectivity index (χ4n) is 0.0500. The van der Waals surface area contributed by atoms with Crippen LogP contribution in [-0.2, 0) is 19.2 Å². The van der Waals surface area contributed by atoms with E-state index in [-0.39, 0.29) is 54.1 Å². The Bertz CT molecular complexity index is 524. The smallest absolute Gasteiger partial charge is 0.330 e. The summed E-state index contributed by atoms with van der Waals surface area (Å²) in [4.78, 5) is 38.4. The Morgan fingerprint density at radius 3 is 0.629 bits per heavy atom. The Hall–Kier alpha value is -3.32. The number of aliphatic hydroxyl groups is 4. The lowest BCUT2D eigenvalue weighted by molar-refractivity contribution is -0.133. The lowest BCUT2D eigenvalue weighted by Gasteiger charge is -2.16. The molecule has 0 aromatic carbocycles. The summed E-state index contributed by atoms with van der Waals surface area (Å²) in [7, 11) is 0. The number of rotatable bonds is 7. The van der Waals surface area contributed by atoms with Gasteiger partial charge in [0, 0.05) is 27.7 Å². The van der Waals surface area contributed by atoms with Crippen LogP contribution in [0.25, 0.3) is 0 Å². The molecule has 12 nitrogen and oxygen atoms in total. The maximum Gasteiger partial charge on any atom is 0.330 e. The zero-order valence-electron chi connectivity index (χ0n) is 21.4. The van der Waals surface area contributed by atoms with E-state index in [9.17, 15) is 19.2 Å². The van der Waals surface area contributed by atoms with Crippen molar-refractivity contribution in [1.82, 2.24) is 0 Å². The summed E-state index contributed by atoms with van der Waals surface area (Å²) >= 11 is 0. The monoisotopic (exact) mass is 510 g/mol. The van der Waals surface area contributed by atoms with Gasteiger partial charge in [-0.25, -0.2) is 19.2 Å². The van der Waals surface area contributed by atoms with Crippen LogP contribution in [0.1, 0.15) is 41.5 Å². The molecule has 0 saturated heterocycles. The van der Waals surface area contributed by atoms with Gasteiger partial charge in [-0.05, 0) is 27.7 Å². The molecule has 0 saturated carbocycles. The summed E-state index contributed by atoms with van der Waals surface area (Å²) in [6, 6.07) is 0. The summed E-state index contributed by atoms with van der Waals surface area (Å²) in [5.74, 6) is -3.74. The van der Waals surface area contributed by atoms with Gasteiger partial charge < -0.3 is 40.9 Å². The molecule has 0 aliphatic heterocycles. The van der Waals surface area contributed by atoms with Crippen LogP contribution in [0.2, 0.25) is 0 Å². The third-order valence-electron chi connectivity index (χ3n) is 2.42. The van der Waals surface area contributed by atoms with Crippen molar-refractivity contribution in [2.24, 2.45) is 5.41 Å². The van der Waals surface area contributed by atoms with Gasteiger partial charge in [-0.2, -0.15) is 0 Å². The molecule has 0 fully saturated rings. The molecule has 0 radical (unpaired) electrons. The van der Waals surface area contributed by atoms with Gasteiger partial charge in [-0.15, -0.1) is 0 Å². The standard InChI is InChI=1S/C5H12O2.4C4H6O2.C2H6O2/c1-5(2,3-6)4-7;4*1-3(2)4(5)6;3-1-2-4/h6-7H,3-4H2,1-2H3;4*1H2,2H3,(H,5,6);3-4H,1-2H2. The van der Waals surface area contributed by atoms with Crippen LogP contribution in [0.3, 0.4) is 0 Å². The topological polar surface area (TPSA) is 230 Å². The molecule has 0 aliphatic rings. The van der Waals surface area contributed by atoms with Crippen molar-refractivity contribution in [3.8, 4) is 0 Å². The van der Waals surface area contributed by atoms with Gasteiger partial charge in [0.1, 0.15) is 0 Å². The molecule has 35 heavy (non-hydrogen) atoms. The highest BCUT2D eigenvalue weighted by molar-refractivity contribution is 5.85. The Kier molecular flexibility index (Phi) is 37.1. The first-order chi connectivity index (χ1) is 15.6. The summed E-state index contributed by atoms with van der Waals surface area (Å²) in [6.07, 6.45) is 0. The van der Waals surface area contributed by atoms with E-state index in [1.165, 1.54) is 27.7 Å². The summed E-state index contributed by atoms with van der Waals surface area (Å²) in [6.45, 7) is 21.8. The van der Waals surface area contributed by atoms with E-state index < -0.39 is 23.9 Å². The van der Waals surface area contributed by atoms with Crippen LogP contribution in [0.5, 0.6) is 0 Å². The molecule has 0 aliphatic carbocycles. The van der Waals surface area contributed by atoms with Crippen molar-refractivity contribution in [2.45, 2.75) is 41.5 Å². The molecule has 0 amide bonds. The SMILES string of the molecule is C=C(C)C(=O)O.C=C(C)C(=O)O.C=C(C)C(=O)O.C=C(C)C(=O)O.CC(C)(CO)CO.OCCO. The van der Waals surface area contributed by atoms with Crippen LogP contribution < -0.4 is 0 Å². The number of hydrogen-bond donors (Lipinski definition) is 8. The molecular formula is C23H42O12. The molecule has 0 aromatic rings. The highest BCUT2D eigenvalue weighted by Gasteiger charge is 2.13. The normalized spacial score (nSPS) is 8.40. The third-order valence-corrected chi connectivity index (χ3v) is 2.42. The molecule has 12 heteroatoms. The van der Waals surface area contributed by atoms with Gasteiger partial charge in [0.2, 0.25) is 0 Å². The quantitative estimate of drug-likeness (QED) is 0.228. The Labute approximate surface area is 206 Å². The minimum absolute atomic E-state index is 0.0451. The van der Waals surface area contributed by atoms with Crippen molar-refractivity contribution in [3.05, 3.63) is 48.6 Å². The molecule has 0 bridgehead atoms. The van der Waals surface area contributed by atoms with E-state index in [1.54, 1.807) is 13.8 Å². The fraction of sp³-hybridized carbons (Fsp3) is 0.478. The molecule has 8 N–H and O–H groups in total. The second-order valence-corrected chi connectivity index (χ2v) is 7.27. The van der Waals surface area contributed by atoms with E-state index in [4.69, 9.17) is 40.9 Å². The van der Waals surface area contributed by atoms with Crippen LogP contribution in [0.15, 0.2) is 48.6 Å². The Morgan fingerprint density at radius 1 is 0.514 bits per heavy atom. The van der Waals surface area contributed by atoms with Crippen molar-refractivity contribution >= 4 is 23.9 Å². The van der Waals surface area contributed by atoms with E-state index in [0.29, 0.717) is 0 Å². The maximum absolute atomic E-state index is 9.60. The van der Waals surface area contributed by atoms with Crippen molar-refractivity contribution in [3.63, 3.8) is 0 Å². The number of carboxylic acid groups (broad SMARTS) is 4. The van der Waals surface area contributed by atoms with Crippen molar-refractivity contribution in [1.29, 1.82) is 0 Å². The molecule has 0 spiro atoms. The molecule has 0 heterocycles. The molecular weight excluding hydrogens is 468 g/mol. The largest absolute Gasteiger partial charge is 0.478 e. The number of aliphatic carboxylic acids is 4. The minimum Gasteiger partial charge on any atom is -0.478 e. The first-order valence-corrected chi connectivity index (χ1v) is 9.60. The molecule has 206 valence electrons. The highest BCUT2D eigenvalue weighted by atomic mass is 16.4. The van der Waals surface area contributed by atoms with Crippen molar-refractivity contribution in [2.75, 3.05) is 26.4 Å². The minimum atomic E-state index is -0.935. The van der Waals surface area contributed by atoms with Gasteiger partial charge in [-0.1, -0.05) is 40.2 Å². The number of hydrogen-bond acceptors (Lipinski definition) is 8. The second-order valence-electron chi connectivity index (χ2n) is 7.27. The zero-order chi connectivity index (χ0) is 29.9. The Morgan fingerprint density at radius 2 is 0.629 bits per heavy atom. The number of aliphatic hydroxyl groups excluding tert-OH is 4. The van der Waals surface area contributed by atoms with E-state index >= 15 is 0 Å². The maximum atomic E-state index is 9.60. The highest BCUT2D eigenvalue weighted by Crippen LogP contribution is 2.10. The third kappa shape index (κ3) is 65.2. The fourth-order valence-corrected chi connectivity index (χ4v) is 0.0500. The summed E-state index contributed by atoms with van der Waals surface area (Å²) in [5, 5.41) is 63.7. The van der Waals surface area contributed by atoms with E-state index in [2.05, 4.69) is 26.3 Å². The van der Waals surface area contributed by atoms with E-state index in [0.717, 1.165) is 0 Å². The molecule has 0 unspecified atom stereocenters. The number of carbonyl (C=O) groups is 4. The van der Waals surface area contributed by atoms with Crippen molar-refractivity contribution < 1.29 is 60.0 Å². The second kappa shape index (κ2) is 28.7. The molecule has 0 aromatic heterocycles. The van der Waals surface area contributed by atoms with Crippen LogP contribution in [-0.4, -0.2) is 91.2 Å². The van der Waals surface area contributed by atoms with Crippen LogP contribution in [0, 0.1) is 5.41 Å². The van der Waals surface area contributed by atoms with Crippen LogP contribution in [0.4, 0.5) is 0 Å². The average Bonchev–Trinajstić information content (AvgIpc) is 2.75. The van der Waals surface area contributed by atoms with Gasteiger partial charge in [-0.3, -0.25) is 0 Å². The van der Waals surface area contributed by atoms with E-state index in [1.807, 2.05) is 0 Å². The lowest BCUT2D eigenvalue weighted by atomic mass is 9.97. The van der Waals surface area contributed by atoms with Gasteiger partial charge in [0.15, 0.2) is 0 Å². The first kappa shape index (κ1) is 45.2. The number of carboxylic acids is 4. The summed E-state index contributed by atoms with van der Waals surface area (Å²) < 4.78 is 0. The summed E-state index contributed by atoms with van der Waals surface area (Å²) in [5.41, 5.74) is 0.398. The first-order valence-electron chi connectivity index (χ1n) is 9.60.